The molecule has 90 valence electrons. The van der Waals surface area contributed by atoms with E-state index in [9.17, 15) is 0 Å². The SMILES string of the molecule is COCCNC(=NCc1ccn(C)n1)NN. The lowest BCUT2D eigenvalue weighted by Gasteiger charge is -2.07. The first-order valence-corrected chi connectivity index (χ1v) is 4.98. The number of hydrogen-bond donors (Lipinski definition) is 3. The standard InChI is InChI=1S/C9H18N6O/c1-15-5-3-8(14-15)7-12-9(13-10)11-4-6-16-2/h3,5H,4,6-7,10H2,1-2H3,(H2,11,12,13). The van der Waals surface area contributed by atoms with Gasteiger partial charge in [-0.3, -0.25) is 10.1 Å². The molecule has 16 heavy (non-hydrogen) atoms. The Bertz CT molecular complexity index is 334. The van der Waals surface area contributed by atoms with Gasteiger partial charge in [0.05, 0.1) is 18.8 Å². The van der Waals surface area contributed by atoms with Crippen LogP contribution in [0, 0.1) is 0 Å². The van der Waals surface area contributed by atoms with Gasteiger partial charge in [0.25, 0.3) is 0 Å². The van der Waals surface area contributed by atoms with Gasteiger partial charge in [-0.2, -0.15) is 5.10 Å². The van der Waals surface area contributed by atoms with Crippen LogP contribution in [0.25, 0.3) is 0 Å². The summed E-state index contributed by atoms with van der Waals surface area (Å²) in [5.41, 5.74) is 3.38. The van der Waals surface area contributed by atoms with E-state index in [1.165, 1.54) is 0 Å². The molecule has 4 N–H and O–H groups in total. The molecule has 1 rings (SSSR count). The van der Waals surface area contributed by atoms with E-state index in [0.29, 0.717) is 25.7 Å². The van der Waals surface area contributed by atoms with Gasteiger partial charge in [0.15, 0.2) is 0 Å². The van der Waals surface area contributed by atoms with Gasteiger partial charge in [0.1, 0.15) is 0 Å². The fraction of sp³-hybridized carbons (Fsp3) is 0.556. The van der Waals surface area contributed by atoms with E-state index in [4.69, 9.17) is 10.6 Å². The lowest BCUT2D eigenvalue weighted by Crippen LogP contribution is -2.42. The van der Waals surface area contributed by atoms with Crippen molar-refractivity contribution in [2.75, 3.05) is 20.3 Å². The van der Waals surface area contributed by atoms with Crippen LogP contribution in [0.3, 0.4) is 0 Å². The first-order valence-electron chi connectivity index (χ1n) is 4.98. The Labute approximate surface area is 94.6 Å². The molecule has 7 nitrogen and oxygen atoms in total. The van der Waals surface area contributed by atoms with Gasteiger partial charge >= 0.3 is 0 Å². The molecule has 0 aliphatic heterocycles. The highest BCUT2D eigenvalue weighted by atomic mass is 16.5. The number of nitrogens with zero attached hydrogens (tertiary/aromatic N) is 3. The molecule has 1 heterocycles. The minimum atomic E-state index is 0.486. The summed E-state index contributed by atoms with van der Waals surface area (Å²) in [5.74, 6) is 5.84. The van der Waals surface area contributed by atoms with Crippen LogP contribution >= 0.6 is 0 Å². The van der Waals surface area contributed by atoms with Gasteiger partial charge in [0, 0.05) is 26.9 Å². The lowest BCUT2D eigenvalue weighted by atomic mass is 10.4. The van der Waals surface area contributed by atoms with Crippen LogP contribution in [-0.2, 0) is 18.3 Å². The molecule has 0 bridgehead atoms. The van der Waals surface area contributed by atoms with E-state index >= 15 is 0 Å². The third-order valence-electron chi connectivity index (χ3n) is 1.90. The van der Waals surface area contributed by atoms with E-state index in [2.05, 4.69) is 20.8 Å². The number of ether oxygens (including phenoxy) is 1. The molecule has 1 aromatic heterocycles. The highest BCUT2D eigenvalue weighted by molar-refractivity contribution is 5.79. The molecule has 0 aromatic carbocycles. The highest BCUT2D eigenvalue weighted by Crippen LogP contribution is 1.95. The summed E-state index contributed by atoms with van der Waals surface area (Å²) in [6.07, 6.45) is 1.87. The van der Waals surface area contributed by atoms with E-state index in [1.807, 2.05) is 19.3 Å². The number of nitrogens with two attached hydrogens (primary N) is 1. The number of nitrogens with one attached hydrogen (secondary N) is 2. The van der Waals surface area contributed by atoms with Crippen molar-refractivity contribution in [2.24, 2.45) is 17.9 Å². The topological polar surface area (TPSA) is 89.5 Å². The molecule has 0 aliphatic rings. The number of guanidine groups is 1. The average Bonchev–Trinajstić information content (AvgIpc) is 2.69. The molecule has 0 unspecified atom stereocenters. The number of hydrogen-bond acceptors (Lipinski definition) is 4. The molecule has 0 saturated heterocycles. The molecule has 0 amide bonds. The molecule has 1 aromatic rings. The van der Waals surface area contributed by atoms with Gasteiger partial charge in [-0.25, -0.2) is 10.8 Å². The summed E-state index contributed by atoms with van der Waals surface area (Å²) in [5, 5.41) is 7.20. The Kier molecular flexibility index (Phi) is 5.30. The maximum absolute atomic E-state index is 5.31. The molecule has 0 fully saturated rings. The lowest BCUT2D eigenvalue weighted by molar-refractivity contribution is 0.203. The van der Waals surface area contributed by atoms with E-state index in [1.54, 1.807) is 11.8 Å². The van der Waals surface area contributed by atoms with Crippen molar-refractivity contribution in [1.82, 2.24) is 20.5 Å². The third-order valence-corrected chi connectivity index (χ3v) is 1.90. The Morgan fingerprint density at radius 3 is 3.06 bits per heavy atom. The fourth-order valence-electron chi connectivity index (χ4n) is 1.13. The van der Waals surface area contributed by atoms with Crippen molar-refractivity contribution in [2.45, 2.75) is 6.54 Å². The van der Waals surface area contributed by atoms with Crippen molar-refractivity contribution in [3.63, 3.8) is 0 Å². The van der Waals surface area contributed by atoms with Crippen LogP contribution in [0.2, 0.25) is 0 Å². The third kappa shape index (κ3) is 4.28. The second-order valence-corrected chi connectivity index (χ2v) is 3.21. The summed E-state index contributed by atoms with van der Waals surface area (Å²) < 4.78 is 6.64. The quantitative estimate of drug-likeness (QED) is 0.196. The predicted octanol–water partition coefficient (Wildman–Crippen LogP) is -1.02. The van der Waals surface area contributed by atoms with E-state index in [0.717, 1.165) is 5.69 Å². The molecule has 0 saturated carbocycles. The minimum absolute atomic E-state index is 0.486. The molecule has 0 aliphatic carbocycles. The number of rotatable bonds is 5. The Morgan fingerprint density at radius 1 is 1.69 bits per heavy atom. The van der Waals surface area contributed by atoms with Crippen molar-refractivity contribution in [3.05, 3.63) is 18.0 Å². The molecule has 7 heteroatoms. The number of aromatic nitrogens is 2. The van der Waals surface area contributed by atoms with Crippen LogP contribution in [0.5, 0.6) is 0 Å². The van der Waals surface area contributed by atoms with Gasteiger partial charge in [0.2, 0.25) is 5.96 Å². The van der Waals surface area contributed by atoms with Crippen LogP contribution in [0.1, 0.15) is 5.69 Å². The maximum Gasteiger partial charge on any atom is 0.206 e. The van der Waals surface area contributed by atoms with E-state index in [-0.39, 0.29) is 0 Å². The van der Waals surface area contributed by atoms with Crippen LogP contribution in [0.15, 0.2) is 17.3 Å². The zero-order valence-corrected chi connectivity index (χ0v) is 9.60. The van der Waals surface area contributed by atoms with Gasteiger partial charge in [-0.15, -0.1) is 0 Å². The largest absolute Gasteiger partial charge is 0.383 e. The van der Waals surface area contributed by atoms with Gasteiger partial charge < -0.3 is 10.1 Å². The van der Waals surface area contributed by atoms with Crippen LogP contribution in [-0.4, -0.2) is 36.0 Å². The molecule has 0 radical (unpaired) electrons. The molecule has 0 atom stereocenters. The summed E-state index contributed by atoms with van der Waals surface area (Å²) in [4.78, 5) is 4.24. The Balaban J connectivity index is 2.40. The summed E-state index contributed by atoms with van der Waals surface area (Å²) in [6.45, 7) is 1.74. The van der Waals surface area contributed by atoms with Gasteiger partial charge in [-0.1, -0.05) is 0 Å². The first kappa shape index (κ1) is 12.5. The monoisotopic (exact) mass is 226 g/mol. The normalized spacial score (nSPS) is 11.6. The minimum Gasteiger partial charge on any atom is -0.383 e. The fourth-order valence-corrected chi connectivity index (χ4v) is 1.13. The Hall–Kier alpha value is -1.60. The molecule has 0 spiro atoms. The maximum atomic E-state index is 5.31. The summed E-state index contributed by atoms with van der Waals surface area (Å²) in [7, 11) is 3.51. The zero-order chi connectivity index (χ0) is 11.8. The average molecular weight is 226 g/mol. The van der Waals surface area contributed by atoms with Crippen molar-refractivity contribution in [1.29, 1.82) is 0 Å². The van der Waals surface area contributed by atoms with Crippen molar-refractivity contribution >= 4 is 5.96 Å². The number of aliphatic imine (C=N–C) groups is 1. The van der Waals surface area contributed by atoms with Crippen molar-refractivity contribution in [3.8, 4) is 0 Å². The van der Waals surface area contributed by atoms with Crippen LogP contribution < -0.4 is 16.6 Å². The number of hydrazine groups is 1. The van der Waals surface area contributed by atoms with Crippen LogP contribution in [0.4, 0.5) is 0 Å². The zero-order valence-electron chi connectivity index (χ0n) is 9.60. The second kappa shape index (κ2) is 6.81. The summed E-state index contributed by atoms with van der Waals surface area (Å²) in [6, 6.07) is 1.91. The Morgan fingerprint density at radius 2 is 2.50 bits per heavy atom. The number of methoxy groups -OCH3 is 1. The van der Waals surface area contributed by atoms with Crippen molar-refractivity contribution < 1.29 is 4.74 Å². The second-order valence-electron chi connectivity index (χ2n) is 3.21. The molecular formula is C9H18N6O. The van der Waals surface area contributed by atoms with Gasteiger partial charge in [-0.05, 0) is 6.07 Å². The first-order chi connectivity index (χ1) is 7.76. The summed E-state index contributed by atoms with van der Waals surface area (Å²) >= 11 is 0. The highest BCUT2D eigenvalue weighted by Gasteiger charge is 1.97. The molecular weight excluding hydrogens is 208 g/mol. The predicted molar refractivity (Wildman–Crippen MR) is 61.5 cm³/mol. The van der Waals surface area contributed by atoms with E-state index < -0.39 is 0 Å². The number of aryl methyl sites for hydroxylation is 1. The smallest absolute Gasteiger partial charge is 0.206 e.